The van der Waals surface area contributed by atoms with Gasteiger partial charge >= 0.3 is 0 Å². The quantitative estimate of drug-likeness (QED) is 0.739. The summed E-state index contributed by atoms with van der Waals surface area (Å²) in [5, 5.41) is 11.8. The van der Waals surface area contributed by atoms with E-state index in [9.17, 15) is 24.3 Å². The lowest BCUT2D eigenvalue weighted by Gasteiger charge is -2.55. The van der Waals surface area contributed by atoms with E-state index in [-0.39, 0.29) is 11.7 Å². The standard InChI is InChI=1S/C17H23O6P/c1-16-8-3-9-17(2,15(18)19)14(16)7-5-11-4-6-12(10-13(11)16)23-24(20,21)22/h4,6,10,14H,3,5,7-9H2,1-2H3,(H,18,19)(H2,20,21,22)/p-3/t14-,16-,17+/m1/s1. The van der Waals surface area contributed by atoms with Crippen molar-refractivity contribution in [3.05, 3.63) is 29.3 Å². The van der Waals surface area contributed by atoms with Gasteiger partial charge in [-0.1, -0.05) is 26.3 Å². The third kappa shape index (κ3) is 2.77. The van der Waals surface area contributed by atoms with Gasteiger partial charge in [0.2, 0.25) is 0 Å². The summed E-state index contributed by atoms with van der Waals surface area (Å²) in [5.74, 6) is -1.14. The average Bonchev–Trinajstić information content (AvgIpc) is 2.45. The first-order chi connectivity index (χ1) is 11.1. The summed E-state index contributed by atoms with van der Waals surface area (Å²) >= 11 is 0. The van der Waals surface area contributed by atoms with E-state index in [0.717, 1.165) is 30.4 Å². The number of rotatable bonds is 3. The smallest absolute Gasteiger partial charge is 0.124 e. The Balaban J connectivity index is 2.07. The van der Waals surface area contributed by atoms with E-state index in [1.807, 2.05) is 6.92 Å². The van der Waals surface area contributed by atoms with Crippen LogP contribution in [0.25, 0.3) is 0 Å². The Kier molecular flexibility index (Phi) is 4.06. The van der Waals surface area contributed by atoms with Crippen molar-refractivity contribution in [3.63, 3.8) is 0 Å². The molecule has 1 aromatic rings. The summed E-state index contributed by atoms with van der Waals surface area (Å²) in [6, 6.07) is 4.84. The number of carbonyl (C=O) groups is 1. The van der Waals surface area contributed by atoms with Gasteiger partial charge in [-0.25, -0.2) is 0 Å². The van der Waals surface area contributed by atoms with E-state index in [1.165, 1.54) is 6.07 Å². The molecular weight excluding hydrogens is 331 g/mol. The fourth-order valence-corrected chi connectivity index (χ4v) is 5.24. The summed E-state index contributed by atoms with van der Waals surface area (Å²) in [4.78, 5) is 33.6. The first-order valence-corrected chi connectivity index (χ1v) is 9.59. The van der Waals surface area contributed by atoms with Crippen molar-refractivity contribution < 1.29 is 28.8 Å². The highest BCUT2D eigenvalue weighted by atomic mass is 31.2. The maximum Gasteiger partial charge on any atom is 0.124 e. The van der Waals surface area contributed by atoms with Gasteiger partial charge in [-0.3, -0.25) is 0 Å². The maximum absolute atomic E-state index is 11.8. The zero-order chi connectivity index (χ0) is 17.8. The SMILES string of the molecule is C[C@]1(C(=O)[O-])CCC[C@]2(C)c3cc(OP(=O)([O-])[O-])ccc3CC[C@@H]12. The molecule has 2 aliphatic carbocycles. The number of aliphatic carboxylic acids is 1. The van der Waals surface area contributed by atoms with Crippen LogP contribution in [0.1, 0.15) is 50.7 Å². The van der Waals surface area contributed by atoms with Crippen molar-refractivity contribution in [2.75, 3.05) is 0 Å². The van der Waals surface area contributed by atoms with Gasteiger partial charge in [-0.05, 0) is 60.3 Å². The van der Waals surface area contributed by atoms with Crippen molar-refractivity contribution in [3.8, 4) is 5.75 Å². The largest absolute Gasteiger partial charge is 0.780 e. The van der Waals surface area contributed by atoms with Crippen LogP contribution in [-0.4, -0.2) is 5.97 Å². The number of phosphoric acid groups is 1. The Morgan fingerprint density at radius 2 is 2.00 bits per heavy atom. The molecule has 0 radical (unpaired) electrons. The highest BCUT2D eigenvalue weighted by Crippen LogP contribution is 2.57. The molecule has 3 rings (SSSR count). The van der Waals surface area contributed by atoms with Crippen LogP contribution in [0.4, 0.5) is 0 Å². The summed E-state index contributed by atoms with van der Waals surface area (Å²) in [7, 11) is -5.13. The lowest BCUT2D eigenvalue weighted by molar-refractivity contribution is -0.334. The van der Waals surface area contributed by atoms with Crippen molar-refractivity contribution in [2.24, 2.45) is 11.3 Å². The number of aryl methyl sites for hydroxylation is 1. The van der Waals surface area contributed by atoms with Crippen LogP contribution in [0, 0.1) is 11.3 Å². The van der Waals surface area contributed by atoms with E-state index < -0.39 is 24.6 Å². The number of carboxylic acids is 1. The number of fused-ring (bicyclic) bond motifs is 3. The predicted molar refractivity (Wildman–Crippen MR) is 80.8 cm³/mol. The first kappa shape index (κ1) is 17.5. The molecule has 0 aliphatic heterocycles. The van der Waals surface area contributed by atoms with Crippen LogP contribution < -0.4 is 19.4 Å². The zero-order valence-corrected chi connectivity index (χ0v) is 14.6. The van der Waals surface area contributed by atoms with Crippen LogP contribution in [0.3, 0.4) is 0 Å². The molecule has 0 bridgehead atoms. The molecule has 0 aromatic heterocycles. The molecule has 1 saturated carbocycles. The number of carboxylic acid groups (broad SMARTS) is 1. The number of phosphoric ester groups is 1. The summed E-state index contributed by atoms with van der Waals surface area (Å²) in [6.45, 7) is 3.77. The van der Waals surface area contributed by atoms with Crippen molar-refractivity contribution in [1.29, 1.82) is 0 Å². The van der Waals surface area contributed by atoms with Crippen LogP contribution in [0.5, 0.6) is 5.75 Å². The van der Waals surface area contributed by atoms with E-state index in [1.54, 1.807) is 19.1 Å². The molecule has 2 aliphatic rings. The maximum atomic E-state index is 11.8. The Morgan fingerprint density at radius 3 is 2.62 bits per heavy atom. The fourth-order valence-electron chi connectivity index (χ4n) is 4.87. The normalized spacial score (nSPS) is 32.6. The van der Waals surface area contributed by atoms with E-state index in [4.69, 9.17) is 0 Å². The second-order valence-electron chi connectivity index (χ2n) is 7.42. The van der Waals surface area contributed by atoms with Gasteiger partial charge < -0.3 is 28.8 Å². The minimum Gasteiger partial charge on any atom is -0.780 e. The minimum atomic E-state index is -5.13. The topological polar surface area (TPSA) is 113 Å². The van der Waals surface area contributed by atoms with Gasteiger partial charge in [0.1, 0.15) is 13.6 Å². The highest BCUT2D eigenvalue weighted by Gasteiger charge is 2.52. The summed E-state index contributed by atoms with van der Waals surface area (Å²) < 4.78 is 15.4. The lowest BCUT2D eigenvalue weighted by Crippen LogP contribution is -2.56. The van der Waals surface area contributed by atoms with Gasteiger partial charge in [0.25, 0.3) is 0 Å². The summed E-state index contributed by atoms with van der Waals surface area (Å²) in [6.07, 6.45) is 3.60. The number of carbonyl (C=O) groups excluding carboxylic acids is 1. The molecule has 3 atom stereocenters. The highest BCUT2D eigenvalue weighted by molar-refractivity contribution is 7.43. The second kappa shape index (κ2) is 5.58. The molecular formula is C17H20O6P-3. The van der Waals surface area contributed by atoms with Crippen LogP contribution >= 0.6 is 7.82 Å². The van der Waals surface area contributed by atoms with Gasteiger partial charge in [0, 0.05) is 11.4 Å². The van der Waals surface area contributed by atoms with Crippen LogP contribution in [0.15, 0.2) is 18.2 Å². The van der Waals surface area contributed by atoms with Crippen molar-refractivity contribution >= 4 is 13.8 Å². The molecule has 0 spiro atoms. The van der Waals surface area contributed by atoms with Crippen LogP contribution in [-0.2, 0) is 21.2 Å². The molecule has 1 aromatic carbocycles. The average molecular weight is 351 g/mol. The predicted octanol–water partition coefficient (Wildman–Crippen LogP) is 0.654. The van der Waals surface area contributed by atoms with Crippen LogP contribution in [0.2, 0.25) is 0 Å². The van der Waals surface area contributed by atoms with Crippen molar-refractivity contribution in [2.45, 2.75) is 51.4 Å². The Labute approximate surface area is 141 Å². The molecule has 0 amide bonds. The van der Waals surface area contributed by atoms with Crippen molar-refractivity contribution in [1.82, 2.24) is 0 Å². The van der Waals surface area contributed by atoms with Gasteiger partial charge in [0.05, 0.1) is 0 Å². The van der Waals surface area contributed by atoms with Gasteiger partial charge in [-0.15, -0.1) is 0 Å². The summed E-state index contributed by atoms with van der Waals surface area (Å²) in [5.41, 5.74) is 0.621. The Morgan fingerprint density at radius 1 is 1.29 bits per heavy atom. The van der Waals surface area contributed by atoms with Gasteiger partial charge in [-0.2, -0.15) is 0 Å². The number of benzene rings is 1. The molecule has 0 saturated heterocycles. The minimum absolute atomic E-state index is 0.00955. The third-order valence-corrected chi connectivity index (χ3v) is 6.45. The molecule has 132 valence electrons. The fraction of sp³-hybridized carbons (Fsp3) is 0.588. The second-order valence-corrected chi connectivity index (χ2v) is 8.50. The molecule has 24 heavy (non-hydrogen) atoms. The van der Waals surface area contributed by atoms with E-state index in [2.05, 4.69) is 4.52 Å². The molecule has 0 heterocycles. The van der Waals surface area contributed by atoms with Gasteiger partial charge in [0.15, 0.2) is 0 Å². The van der Waals surface area contributed by atoms with E-state index >= 15 is 0 Å². The first-order valence-electron chi connectivity index (χ1n) is 8.13. The number of hydrogen-bond acceptors (Lipinski definition) is 6. The lowest BCUT2D eigenvalue weighted by atomic mass is 9.50. The third-order valence-electron chi connectivity index (χ3n) is 6.01. The molecule has 0 unspecified atom stereocenters. The molecule has 0 N–H and O–H groups in total. The molecule has 6 nitrogen and oxygen atoms in total. The zero-order valence-electron chi connectivity index (χ0n) is 13.7. The Hall–Kier alpha value is -1.36. The van der Waals surface area contributed by atoms with E-state index in [0.29, 0.717) is 12.8 Å². The number of hydrogen-bond donors (Lipinski definition) is 0. The monoisotopic (exact) mass is 351 g/mol. The Bertz CT molecular complexity index is 726. The molecule has 7 heteroatoms. The molecule has 1 fully saturated rings.